The Hall–Kier alpha value is -2.22. The zero-order valence-corrected chi connectivity index (χ0v) is 13.2. The first-order chi connectivity index (χ1) is 10.5. The van der Waals surface area contributed by atoms with Crippen LogP contribution in [0, 0.1) is 0 Å². The largest absolute Gasteiger partial charge is 0.493 e. The number of carboxylic acids is 1. The highest BCUT2D eigenvalue weighted by molar-refractivity contribution is 7.99. The minimum atomic E-state index is -0.953. The molecule has 1 aromatic carbocycles. The molecule has 22 heavy (non-hydrogen) atoms. The highest BCUT2D eigenvalue weighted by Gasteiger charge is 2.12. The molecule has 0 atom stereocenters. The molecule has 0 spiro atoms. The highest BCUT2D eigenvalue weighted by Crippen LogP contribution is 2.19. The summed E-state index contributed by atoms with van der Waals surface area (Å²) >= 11 is 1.46. The van der Waals surface area contributed by atoms with Gasteiger partial charge in [-0.15, -0.1) is 10.2 Å². The molecule has 2 rings (SSSR count). The summed E-state index contributed by atoms with van der Waals surface area (Å²) in [5.74, 6) is 7.21. The van der Waals surface area contributed by atoms with Crippen molar-refractivity contribution in [1.29, 1.82) is 0 Å². The molecule has 0 fully saturated rings. The third kappa shape index (κ3) is 3.91. The fourth-order valence-electron chi connectivity index (χ4n) is 1.77. The Morgan fingerprint density at radius 1 is 1.36 bits per heavy atom. The van der Waals surface area contributed by atoms with Gasteiger partial charge in [0, 0.05) is 11.7 Å². The number of nitrogens with two attached hydrogens (primary N) is 1. The second kappa shape index (κ2) is 7.17. The fourth-order valence-corrected chi connectivity index (χ4v) is 2.45. The molecule has 0 saturated carbocycles. The molecule has 0 saturated heterocycles. The number of thioether (sulfide) groups is 1. The molecule has 7 nitrogen and oxygen atoms in total. The predicted molar refractivity (Wildman–Crippen MR) is 83.9 cm³/mol. The first-order valence-electron chi connectivity index (χ1n) is 6.78. The molecule has 0 amide bonds. The van der Waals surface area contributed by atoms with Crippen LogP contribution in [0.25, 0.3) is 0 Å². The van der Waals surface area contributed by atoms with Crippen molar-refractivity contribution in [3.05, 3.63) is 35.7 Å². The number of ether oxygens (including phenoxy) is 1. The molecule has 0 unspecified atom stereocenters. The van der Waals surface area contributed by atoms with E-state index in [4.69, 9.17) is 15.7 Å². The van der Waals surface area contributed by atoms with Crippen molar-refractivity contribution in [1.82, 2.24) is 14.9 Å². The molecule has 0 radical (unpaired) electrons. The summed E-state index contributed by atoms with van der Waals surface area (Å²) < 4.78 is 7.04. The van der Waals surface area contributed by atoms with E-state index in [1.54, 1.807) is 12.1 Å². The maximum Gasteiger partial charge on any atom is 0.335 e. The number of rotatable bonds is 7. The number of aromatic nitrogens is 3. The highest BCUT2D eigenvalue weighted by atomic mass is 32.2. The monoisotopic (exact) mass is 322 g/mol. The lowest BCUT2D eigenvalue weighted by atomic mass is 10.2. The summed E-state index contributed by atoms with van der Waals surface area (Å²) in [6.45, 7) is 4.47. The van der Waals surface area contributed by atoms with Crippen LogP contribution in [0.4, 0.5) is 0 Å². The van der Waals surface area contributed by atoms with Gasteiger partial charge in [0.25, 0.3) is 0 Å². The van der Waals surface area contributed by atoms with Crippen molar-refractivity contribution in [3.63, 3.8) is 0 Å². The van der Waals surface area contributed by atoms with Crippen molar-refractivity contribution in [2.75, 3.05) is 18.2 Å². The average molecular weight is 322 g/mol. The molecule has 0 aliphatic heterocycles. The quantitative estimate of drug-likeness (QED) is 0.456. The van der Waals surface area contributed by atoms with E-state index in [0.29, 0.717) is 23.3 Å². The lowest BCUT2D eigenvalue weighted by molar-refractivity contribution is 0.0697. The molecule has 2 aromatic rings. The lowest BCUT2D eigenvalue weighted by Gasteiger charge is -2.07. The van der Waals surface area contributed by atoms with E-state index in [1.807, 2.05) is 13.8 Å². The molecular weight excluding hydrogens is 304 g/mol. The summed E-state index contributed by atoms with van der Waals surface area (Å²) in [5.41, 5.74) is 0.235. The number of hydrogen-bond donors (Lipinski definition) is 2. The molecular formula is C14H18N4O3S. The molecule has 0 bridgehead atoms. The first-order valence-corrected chi connectivity index (χ1v) is 7.77. The summed E-state index contributed by atoms with van der Waals surface area (Å²) in [5, 5.41) is 17.6. The fraction of sp³-hybridized carbons (Fsp3) is 0.357. The van der Waals surface area contributed by atoms with Gasteiger partial charge in [0.15, 0.2) is 5.82 Å². The van der Waals surface area contributed by atoms with E-state index in [-0.39, 0.29) is 11.5 Å². The number of aromatic carboxylic acids is 1. The number of carboxylic acid groups (broad SMARTS) is 1. The van der Waals surface area contributed by atoms with Gasteiger partial charge in [-0.2, -0.15) is 0 Å². The zero-order valence-electron chi connectivity index (χ0n) is 12.4. The van der Waals surface area contributed by atoms with E-state index in [0.717, 1.165) is 5.82 Å². The minimum absolute atomic E-state index is 0.218. The number of nitrogen functional groups attached to an aromatic ring is 1. The molecule has 3 N–H and O–H groups in total. The van der Waals surface area contributed by atoms with Crippen molar-refractivity contribution in [3.8, 4) is 5.75 Å². The zero-order chi connectivity index (χ0) is 16.1. The van der Waals surface area contributed by atoms with Gasteiger partial charge in [-0.25, -0.2) is 9.47 Å². The first kappa shape index (κ1) is 16.2. The molecule has 1 heterocycles. The normalized spacial score (nSPS) is 10.9. The summed E-state index contributed by atoms with van der Waals surface area (Å²) in [4.78, 5) is 10.7. The Morgan fingerprint density at radius 3 is 2.59 bits per heavy atom. The maximum atomic E-state index is 10.7. The number of nitrogens with zero attached hydrogens (tertiary/aromatic N) is 3. The van der Waals surface area contributed by atoms with Crippen LogP contribution < -0.4 is 10.6 Å². The van der Waals surface area contributed by atoms with Gasteiger partial charge < -0.3 is 15.7 Å². The second-order valence-electron chi connectivity index (χ2n) is 4.89. The van der Waals surface area contributed by atoms with Gasteiger partial charge in [0.1, 0.15) is 5.75 Å². The predicted octanol–water partition coefficient (Wildman–Crippen LogP) is 1.98. The van der Waals surface area contributed by atoms with E-state index in [1.165, 1.54) is 28.6 Å². The van der Waals surface area contributed by atoms with Gasteiger partial charge in [-0.05, 0) is 24.3 Å². The Balaban J connectivity index is 1.81. The third-order valence-corrected chi connectivity index (χ3v) is 3.80. The van der Waals surface area contributed by atoms with Crippen LogP contribution in [0.15, 0.2) is 29.4 Å². The third-order valence-electron chi connectivity index (χ3n) is 2.89. The Labute approximate surface area is 132 Å². The molecule has 118 valence electrons. The van der Waals surface area contributed by atoms with Crippen LogP contribution >= 0.6 is 11.8 Å². The maximum absolute atomic E-state index is 10.7. The average Bonchev–Trinajstić information content (AvgIpc) is 2.85. The van der Waals surface area contributed by atoms with Crippen molar-refractivity contribution in [2.45, 2.75) is 24.9 Å². The van der Waals surface area contributed by atoms with Crippen molar-refractivity contribution < 1.29 is 14.6 Å². The van der Waals surface area contributed by atoms with E-state index in [2.05, 4.69) is 10.2 Å². The smallest absolute Gasteiger partial charge is 0.335 e. The van der Waals surface area contributed by atoms with Crippen LogP contribution in [0.2, 0.25) is 0 Å². The number of hydrogen-bond acceptors (Lipinski definition) is 6. The van der Waals surface area contributed by atoms with Gasteiger partial charge in [-0.1, -0.05) is 25.6 Å². The molecule has 8 heteroatoms. The number of carbonyl (C=O) groups is 1. The van der Waals surface area contributed by atoms with Gasteiger partial charge in [0.05, 0.1) is 12.2 Å². The van der Waals surface area contributed by atoms with E-state index in [9.17, 15) is 4.79 Å². The van der Waals surface area contributed by atoms with Crippen LogP contribution in [0.5, 0.6) is 5.75 Å². The van der Waals surface area contributed by atoms with Gasteiger partial charge in [0.2, 0.25) is 5.16 Å². The lowest BCUT2D eigenvalue weighted by Crippen LogP contribution is -2.15. The molecule has 1 aromatic heterocycles. The Morgan fingerprint density at radius 2 is 2.05 bits per heavy atom. The van der Waals surface area contributed by atoms with Crippen molar-refractivity contribution in [2.24, 2.45) is 0 Å². The topological polar surface area (TPSA) is 103 Å². The SMILES string of the molecule is CC(C)c1nnc(SCCOc2ccc(C(=O)O)cc2)n1N. The molecule has 0 aliphatic rings. The van der Waals surface area contributed by atoms with Crippen LogP contribution in [-0.2, 0) is 0 Å². The number of benzene rings is 1. The van der Waals surface area contributed by atoms with Crippen LogP contribution in [0.3, 0.4) is 0 Å². The Kier molecular flexibility index (Phi) is 5.26. The summed E-state index contributed by atoms with van der Waals surface area (Å²) in [6.07, 6.45) is 0. The summed E-state index contributed by atoms with van der Waals surface area (Å²) in [6, 6.07) is 6.29. The van der Waals surface area contributed by atoms with E-state index < -0.39 is 5.97 Å². The van der Waals surface area contributed by atoms with Crippen LogP contribution in [-0.4, -0.2) is 38.3 Å². The summed E-state index contributed by atoms with van der Waals surface area (Å²) in [7, 11) is 0. The van der Waals surface area contributed by atoms with Gasteiger partial charge >= 0.3 is 5.97 Å². The van der Waals surface area contributed by atoms with Crippen LogP contribution in [0.1, 0.15) is 35.9 Å². The van der Waals surface area contributed by atoms with E-state index >= 15 is 0 Å². The molecule has 0 aliphatic carbocycles. The second-order valence-corrected chi connectivity index (χ2v) is 5.95. The van der Waals surface area contributed by atoms with Crippen molar-refractivity contribution >= 4 is 17.7 Å². The minimum Gasteiger partial charge on any atom is -0.493 e. The standard InChI is InChI=1S/C14H18N4O3S/c1-9(2)12-16-17-14(18(12)15)22-8-7-21-11-5-3-10(4-6-11)13(19)20/h3-6,9H,7-8,15H2,1-2H3,(H,19,20). The van der Waals surface area contributed by atoms with Gasteiger partial charge in [-0.3, -0.25) is 0 Å². The Bertz CT molecular complexity index is 640.